The van der Waals surface area contributed by atoms with Crippen molar-refractivity contribution >= 4 is 15.9 Å². The van der Waals surface area contributed by atoms with Crippen LogP contribution in [0.4, 0.5) is 0 Å². The monoisotopic (exact) mass is 337 g/mol. The molecule has 0 bridgehead atoms. The van der Waals surface area contributed by atoms with E-state index >= 15 is 0 Å². The molecule has 0 aliphatic rings. The van der Waals surface area contributed by atoms with Gasteiger partial charge >= 0.3 is 0 Å². The second-order valence-corrected chi connectivity index (χ2v) is 6.46. The first kappa shape index (κ1) is 15.2. The first-order chi connectivity index (χ1) is 9.43. The molecule has 0 aliphatic heterocycles. The fourth-order valence-corrected chi connectivity index (χ4v) is 2.22. The Balaban J connectivity index is 2.23. The number of likely N-dealkylation sites (N-methyl/N-ethyl adjacent to an activating group) is 1. The summed E-state index contributed by atoms with van der Waals surface area (Å²) in [6, 6.07) is 8.53. The van der Waals surface area contributed by atoms with Crippen LogP contribution in [0.25, 0.3) is 0 Å². The molecule has 5 heteroatoms. The first-order valence-electron chi connectivity index (χ1n) is 6.70. The van der Waals surface area contributed by atoms with Crippen molar-refractivity contribution in [2.45, 2.75) is 38.6 Å². The van der Waals surface area contributed by atoms with Gasteiger partial charge in [-0.3, -0.25) is 0 Å². The molecule has 0 fully saturated rings. The molecule has 1 aromatic heterocycles. The van der Waals surface area contributed by atoms with E-state index in [1.54, 1.807) is 0 Å². The standard InChI is InChI=1S/C15H20BrN3O/c1-10(17-4)9-13-18-14(20-19-13)15(2,3)11-5-7-12(16)8-6-11/h5-8,10,17H,9H2,1-4H3. The van der Waals surface area contributed by atoms with Crippen LogP contribution in [0.15, 0.2) is 33.3 Å². The molecule has 0 amide bonds. The van der Waals surface area contributed by atoms with E-state index in [0.29, 0.717) is 11.9 Å². The van der Waals surface area contributed by atoms with Gasteiger partial charge in [-0.2, -0.15) is 4.98 Å². The molecule has 1 N–H and O–H groups in total. The Bertz CT molecular complexity index is 563. The lowest BCUT2D eigenvalue weighted by molar-refractivity contribution is 0.329. The Morgan fingerprint density at radius 1 is 1.30 bits per heavy atom. The smallest absolute Gasteiger partial charge is 0.236 e. The topological polar surface area (TPSA) is 51.0 Å². The minimum absolute atomic E-state index is 0.297. The van der Waals surface area contributed by atoms with Gasteiger partial charge in [0.25, 0.3) is 0 Å². The molecule has 1 aromatic carbocycles. The van der Waals surface area contributed by atoms with Crippen molar-refractivity contribution < 1.29 is 4.52 Å². The molecule has 0 saturated carbocycles. The number of hydrogen-bond donors (Lipinski definition) is 1. The van der Waals surface area contributed by atoms with Crippen LogP contribution in [0.3, 0.4) is 0 Å². The van der Waals surface area contributed by atoms with Gasteiger partial charge in [0, 0.05) is 16.9 Å². The number of halogens is 1. The minimum Gasteiger partial charge on any atom is -0.338 e. The summed E-state index contributed by atoms with van der Waals surface area (Å²) in [6.07, 6.45) is 0.760. The maximum atomic E-state index is 5.46. The third kappa shape index (κ3) is 3.27. The molecule has 1 atom stereocenters. The number of nitrogens with zero attached hydrogens (tertiary/aromatic N) is 2. The number of nitrogens with one attached hydrogen (secondary N) is 1. The van der Waals surface area contributed by atoms with Crippen LogP contribution >= 0.6 is 15.9 Å². The lowest BCUT2D eigenvalue weighted by Gasteiger charge is -2.20. The maximum absolute atomic E-state index is 5.46. The highest BCUT2D eigenvalue weighted by Gasteiger charge is 2.29. The zero-order valence-corrected chi connectivity index (χ0v) is 13.9. The van der Waals surface area contributed by atoms with Crippen molar-refractivity contribution in [2.24, 2.45) is 0 Å². The zero-order chi connectivity index (χ0) is 14.8. The van der Waals surface area contributed by atoms with Gasteiger partial charge in [0.1, 0.15) is 0 Å². The Hall–Kier alpha value is -1.20. The minimum atomic E-state index is -0.297. The molecule has 1 unspecified atom stereocenters. The van der Waals surface area contributed by atoms with Gasteiger partial charge in [-0.1, -0.05) is 33.2 Å². The highest BCUT2D eigenvalue weighted by molar-refractivity contribution is 9.10. The van der Waals surface area contributed by atoms with Crippen molar-refractivity contribution in [3.8, 4) is 0 Å². The van der Waals surface area contributed by atoms with Crippen LogP contribution in [0.1, 0.15) is 38.0 Å². The molecular formula is C15H20BrN3O. The van der Waals surface area contributed by atoms with Crippen molar-refractivity contribution in [2.75, 3.05) is 7.05 Å². The summed E-state index contributed by atoms with van der Waals surface area (Å²) >= 11 is 3.45. The molecule has 1 heterocycles. The fourth-order valence-electron chi connectivity index (χ4n) is 1.96. The second-order valence-electron chi connectivity index (χ2n) is 5.54. The molecule has 2 aromatic rings. The average Bonchev–Trinajstić information content (AvgIpc) is 2.88. The Labute approximate surface area is 128 Å². The van der Waals surface area contributed by atoms with E-state index in [4.69, 9.17) is 4.52 Å². The Morgan fingerprint density at radius 3 is 2.55 bits per heavy atom. The van der Waals surface area contributed by atoms with Crippen LogP contribution in [0.5, 0.6) is 0 Å². The highest BCUT2D eigenvalue weighted by atomic mass is 79.9. The van der Waals surface area contributed by atoms with Gasteiger partial charge in [-0.05, 0) is 45.5 Å². The lowest BCUT2D eigenvalue weighted by Crippen LogP contribution is -2.24. The Kier molecular flexibility index (Phi) is 4.60. The average molecular weight is 338 g/mol. The molecule has 4 nitrogen and oxygen atoms in total. The highest BCUT2D eigenvalue weighted by Crippen LogP contribution is 2.31. The summed E-state index contributed by atoms with van der Waals surface area (Å²) in [4.78, 5) is 4.54. The third-order valence-electron chi connectivity index (χ3n) is 3.55. The first-order valence-corrected chi connectivity index (χ1v) is 7.49. The second kappa shape index (κ2) is 6.06. The quantitative estimate of drug-likeness (QED) is 0.909. The van der Waals surface area contributed by atoms with E-state index in [0.717, 1.165) is 22.3 Å². The van der Waals surface area contributed by atoms with E-state index in [1.807, 2.05) is 19.2 Å². The molecule has 0 radical (unpaired) electrons. The number of rotatable bonds is 5. The summed E-state index contributed by atoms with van der Waals surface area (Å²) in [7, 11) is 1.93. The molecule has 2 rings (SSSR count). The fraction of sp³-hybridized carbons (Fsp3) is 0.467. The van der Waals surface area contributed by atoms with Gasteiger partial charge in [0.15, 0.2) is 5.82 Å². The third-order valence-corrected chi connectivity index (χ3v) is 4.08. The van der Waals surface area contributed by atoms with Crippen LogP contribution in [-0.2, 0) is 11.8 Å². The van der Waals surface area contributed by atoms with E-state index in [-0.39, 0.29) is 5.41 Å². The summed E-state index contributed by atoms with van der Waals surface area (Å²) < 4.78 is 6.52. The van der Waals surface area contributed by atoms with Gasteiger partial charge in [-0.25, -0.2) is 0 Å². The van der Waals surface area contributed by atoms with E-state index < -0.39 is 0 Å². The van der Waals surface area contributed by atoms with Gasteiger partial charge in [0.2, 0.25) is 5.89 Å². The summed E-state index contributed by atoms with van der Waals surface area (Å²) in [5.74, 6) is 1.39. The summed E-state index contributed by atoms with van der Waals surface area (Å²) in [6.45, 7) is 6.28. The predicted molar refractivity (Wildman–Crippen MR) is 82.8 cm³/mol. The van der Waals surface area contributed by atoms with E-state index in [9.17, 15) is 0 Å². The summed E-state index contributed by atoms with van der Waals surface area (Å²) in [5, 5.41) is 7.25. The molecular weight excluding hydrogens is 318 g/mol. The van der Waals surface area contributed by atoms with Gasteiger partial charge < -0.3 is 9.84 Å². The number of benzene rings is 1. The van der Waals surface area contributed by atoms with Crippen LogP contribution in [0, 0.1) is 0 Å². The van der Waals surface area contributed by atoms with Crippen LogP contribution in [0.2, 0.25) is 0 Å². The number of hydrogen-bond acceptors (Lipinski definition) is 4. The van der Waals surface area contributed by atoms with Gasteiger partial charge in [0.05, 0.1) is 5.41 Å². The van der Waals surface area contributed by atoms with E-state index in [1.165, 1.54) is 0 Å². The van der Waals surface area contributed by atoms with Gasteiger partial charge in [-0.15, -0.1) is 0 Å². The van der Waals surface area contributed by atoms with Crippen molar-refractivity contribution in [1.29, 1.82) is 0 Å². The maximum Gasteiger partial charge on any atom is 0.236 e. The zero-order valence-electron chi connectivity index (χ0n) is 12.3. The molecule has 0 spiro atoms. The molecule has 0 aliphatic carbocycles. The largest absolute Gasteiger partial charge is 0.338 e. The normalized spacial score (nSPS) is 13.4. The Morgan fingerprint density at radius 2 is 1.95 bits per heavy atom. The van der Waals surface area contributed by atoms with Crippen molar-refractivity contribution in [3.63, 3.8) is 0 Å². The van der Waals surface area contributed by atoms with Crippen LogP contribution in [-0.4, -0.2) is 23.2 Å². The molecule has 0 saturated heterocycles. The predicted octanol–water partition coefficient (Wildman–Crippen LogP) is 3.31. The number of aromatic nitrogens is 2. The SMILES string of the molecule is CNC(C)Cc1noc(C(C)(C)c2ccc(Br)cc2)n1. The van der Waals surface area contributed by atoms with E-state index in [2.05, 4.69) is 64.3 Å². The molecule has 20 heavy (non-hydrogen) atoms. The van der Waals surface area contributed by atoms with Crippen LogP contribution < -0.4 is 5.32 Å². The molecule has 108 valence electrons. The van der Waals surface area contributed by atoms with Crippen molar-refractivity contribution in [1.82, 2.24) is 15.5 Å². The lowest BCUT2D eigenvalue weighted by atomic mass is 9.84. The van der Waals surface area contributed by atoms with Crippen molar-refractivity contribution in [3.05, 3.63) is 46.0 Å². The summed E-state index contributed by atoms with van der Waals surface area (Å²) in [5.41, 5.74) is 0.854.